The smallest absolute Gasteiger partial charge is 0.340 e. The van der Waals surface area contributed by atoms with Gasteiger partial charge < -0.3 is 4.90 Å². The minimum atomic E-state index is -4.71. The van der Waals surface area contributed by atoms with E-state index in [1.54, 1.807) is 29.8 Å². The maximum absolute atomic E-state index is 13.7. The van der Waals surface area contributed by atoms with E-state index in [-0.39, 0.29) is 22.1 Å². The van der Waals surface area contributed by atoms with Crippen LogP contribution in [0, 0.1) is 0 Å². The molecule has 0 saturated carbocycles. The molecule has 0 aliphatic carbocycles. The Morgan fingerprint density at radius 2 is 2.06 bits per heavy atom. The number of hydrogen-bond donors (Lipinski definition) is 0. The van der Waals surface area contributed by atoms with Crippen LogP contribution >= 0.6 is 22.9 Å². The van der Waals surface area contributed by atoms with Crippen LogP contribution in [-0.2, 0) is 12.6 Å². The van der Waals surface area contributed by atoms with Crippen molar-refractivity contribution < 1.29 is 18.0 Å². The van der Waals surface area contributed by atoms with Crippen LogP contribution in [0.15, 0.2) is 48.0 Å². The molecule has 11 heteroatoms. The third-order valence-electron chi connectivity index (χ3n) is 4.58. The number of aromatic nitrogens is 4. The number of amides is 1. The molecular formula is C20H15ClF3N5OS. The normalized spacial score (nSPS) is 11.8. The zero-order chi connectivity index (χ0) is 22.2. The number of rotatable bonds is 5. The second-order valence-electron chi connectivity index (χ2n) is 6.70. The standard InChI is InChI=1S/C20H15ClF3N5OS/c1-28(9-7-12-5-2-3-8-25-12)19(30)17-16(21)18-26-13(14-6-4-10-31-14)11-15(20(22,23)24)29(18)27-17/h2-6,8,10-11H,7,9H2,1H3. The van der Waals surface area contributed by atoms with Crippen LogP contribution in [0.1, 0.15) is 21.9 Å². The molecule has 0 aromatic carbocycles. The van der Waals surface area contributed by atoms with Crippen LogP contribution in [0.4, 0.5) is 13.2 Å². The first-order chi connectivity index (χ1) is 14.8. The molecule has 160 valence electrons. The molecule has 4 heterocycles. The fraction of sp³-hybridized carbons (Fsp3) is 0.200. The SMILES string of the molecule is CN(CCc1ccccn1)C(=O)c1nn2c(C(F)(F)F)cc(-c3cccs3)nc2c1Cl. The summed E-state index contributed by atoms with van der Waals surface area (Å²) < 4.78 is 41.7. The van der Waals surface area contributed by atoms with E-state index >= 15 is 0 Å². The zero-order valence-corrected chi connectivity index (χ0v) is 17.7. The average molecular weight is 466 g/mol. The molecule has 4 aromatic rings. The summed E-state index contributed by atoms with van der Waals surface area (Å²) in [6, 6.07) is 9.71. The van der Waals surface area contributed by atoms with Gasteiger partial charge in [0.1, 0.15) is 5.02 Å². The van der Waals surface area contributed by atoms with Gasteiger partial charge in [-0.15, -0.1) is 11.3 Å². The molecule has 0 fully saturated rings. The van der Waals surface area contributed by atoms with Crippen LogP contribution in [0.3, 0.4) is 0 Å². The number of carbonyl (C=O) groups is 1. The topological polar surface area (TPSA) is 63.4 Å². The Morgan fingerprint density at radius 3 is 2.71 bits per heavy atom. The van der Waals surface area contributed by atoms with Gasteiger partial charge in [0, 0.05) is 31.9 Å². The van der Waals surface area contributed by atoms with E-state index in [0.29, 0.717) is 22.4 Å². The van der Waals surface area contributed by atoms with Gasteiger partial charge >= 0.3 is 6.18 Å². The summed E-state index contributed by atoms with van der Waals surface area (Å²) in [5.74, 6) is -0.600. The highest BCUT2D eigenvalue weighted by atomic mass is 35.5. The number of pyridine rings is 1. The monoisotopic (exact) mass is 465 g/mol. The Balaban J connectivity index is 1.71. The summed E-state index contributed by atoms with van der Waals surface area (Å²) in [4.78, 5) is 23.2. The quantitative estimate of drug-likeness (QED) is 0.423. The lowest BCUT2D eigenvalue weighted by Crippen LogP contribution is -2.29. The van der Waals surface area contributed by atoms with Gasteiger partial charge in [-0.3, -0.25) is 9.78 Å². The van der Waals surface area contributed by atoms with Gasteiger partial charge in [-0.2, -0.15) is 18.3 Å². The molecule has 0 aliphatic heterocycles. The summed E-state index contributed by atoms with van der Waals surface area (Å²) in [7, 11) is 1.53. The van der Waals surface area contributed by atoms with Crippen LogP contribution in [0.25, 0.3) is 16.2 Å². The average Bonchev–Trinajstić information content (AvgIpc) is 3.39. The van der Waals surface area contributed by atoms with Gasteiger partial charge in [0.05, 0.1) is 10.6 Å². The van der Waals surface area contributed by atoms with E-state index in [1.165, 1.54) is 23.3 Å². The van der Waals surface area contributed by atoms with Crippen LogP contribution in [0.2, 0.25) is 5.02 Å². The predicted molar refractivity (Wildman–Crippen MR) is 111 cm³/mol. The Kier molecular flexibility index (Phi) is 5.67. The molecule has 6 nitrogen and oxygen atoms in total. The minimum Gasteiger partial charge on any atom is -0.340 e. The van der Waals surface area contributed by atoms with Gasteiger partial charge in [0.15, 0.2) is 17.0 Å². The van der Waals surface area contributed by atoms with Crippen molar-refractivity contribution in [1.82, 2.24) is 24.5 Å². The first-order valence-corrected chi connectivity index (χ1v) is 10.4. The van der Waals surface area contributed by atoms with Gasteiger partial charge in [-0.25, -0.2) is 9.50 Å². The van der Waals surface area contributed by atoms with Crippen molar-refractivity contribution in [2.45, 2.75) is 12.6 Å². The number of thiophene rings is 1. The molecule has 0 spiro atoms. The third kappa shape index (κ3) is 4.26. The first kappa shape index (κ1) is 21.3. The fourth-order valence-corrected chi connectivity index (χ4v) is 3.92. The molecular weight excluding hydrogens is 451 g/mol. The fourth-order valence-electron chi connectivity index (χ4n) is 2.99. The van der Waals surface area contributed by atoms with E-state index in [2.05, 4.69) is 15.1 Å². The van der Waals surface area contributed by atoms with Crippen molar-refractivity contribution in [2.24, 2.45) is 0 Å². The van der Waals surface area contributed by atoms with Gasteiger partial charge in [0.2, 0.25) is 0 Å². The number of alkyl halides is 3. The molecule has 0 atom stereocenters. The number of carbonyl (C=O) groups excluding carboxylic acids is 1. The number of likely N-dealkylation sites (N-methyl/N-ethyl adjacent to an activating group) is 1. The predicted octanol–water partition coefficient (Wildman–Crippen LogP) is 4.84. The van der Waals surface area contributed by atoms with E-state index in [0.717, 1.165) is 11.8 Å². The van der Waals surface area contributed by atoms with E-state index in [9.17, 15) is 18.0 Å². The van der Waals surface area contributed by atoms with Crippen molar-refractivity contribution >= 4 is 34.5 Å². The minimum absolute atomic E-state index is 0.110. The Bertz CT molecular complexity index is 1230. The zero-order valence-electron chi connectivity index (χ0n) is 16.1. The number of halogens is 4. The van der Waals surface area contributed by atoms with Crippen LogP contribution in [0.5, 0.6) is 0 Å². The maximum atomic E-state index is 13.7. The molecule has 0 N–H and O–H groups in total. The highest BCUT2D eigenvalue weighted by Gasteiger charge is 2.37. The summed E-state index contributed by atoms with van der Waals surface area (Å²) in [6.45, 7) is 0.292. The van der Waals surface area contributed by atoms with Crippen molar-refractivity contribution in [3.8, 4) is 10.6 Å². The largest absolute Gasteiger partial charge is 0.433 e. The lowest BCUT2D eigenvalue weighted by atomic mass is 10.2. The third-order valence-corrected chi connectivity index (χ3v) is 5.82. The number of hydrogen-bond acceptors (Lipinski definition) is 5. The molecule has 1 amide bonds. The summed E-state index contributed by atoms with van der Waals surface area (Å²) in [5.41, 5.74) is -0.671. The van der Waals surface area contributed by atoms with Gasteiger partial charge in [-0.1, -0.05) is 23.7 Å². The second kappa shape index (κ2) is 8.27. The molecule has 4 aromatic heterocycles. The van der Waals surface area contributed by atoms with Gasteiger partial charge in [-0.05, 0) is 29.6 Å². The Morgan fingerprint density at radius 1 is 1.26 bits per heavy atom. The summed E-state index contributed by atoms with van der Waals surface area (Å²) in [6.07, 6.45) is -2.60. The highest BCUT2D eigenvalue weighted by Crippen LogP contribution is 2.35. The first-order valence-electron chi connectivity index (χ1n) is 9.11. The van der Waals surface area contributed by atoms with Gasteiger partial charge in [0.25, 0.3) is 5.91 Å². The van der Waals surface area contributed by atoms with Crippen molar-refractivity contribution in [3.63, 3.8) is 0 Å². The number of fused-ring (bicyclic) bond motifs is 1. The molecule has 31 heavy (non-hydrogen) atoms. The Labute approximate surface area is 183 Å². The van der Waals surface area contributed by atoms with E-state index in [1.807, 2.05) is 12.1 Å². The van der Waals surface area contributed by atoms with Crippen LogP contribution < -0.4 is 0 Å². The highest BCUT2D eigenvalue weighted by molar-refractivity contribution is 7.13. The Hall–Kier alpha value is -2.98. The maximum Gasteiger partial charge on any atom is 0.433 e. The van der Waals surface area contributed by atoms with Crippen molar-refractivity contribution in [1.29, 1.82) is 0 Å². The van der Waals surface area contributed by atoms with Crippen molar-refractivity contribution in [2.75, 3.05) is 13.6 Å². The molecule has 0 unspecified atom stereocenters. The van der Waals surface area contributed by atoms with E-state index in [4.69, 9.17) is 11.6 Å². The lowest BCUT2D eigenvalue weighted by Gasteiger charge is -2.15. The molecule has 4 rings (SSSR count). The second-order valence-corrected chi connectivity index (χ2v) is 8.02. The number of nitrogens with zero attached hydrogens (tertiary/aromatic N) is 5. The van der Waals surface area contributed by atoms with Crippen molar-refractivity contribution in [3.05, 3.63) is 70.1 Å². The lowest BCUT2D eigenvalue weighted by molar-refractivity contribution is -0.142. The van der Waals surface area contributed by atoms with E-state index < -0.39 is 17.8 Å². The van der Waals surface area contributed by atoms with Crippen LogP contribution in [-0.4, -0.2) is 44.0 Å². The molecule has 0 radical (unpaired) electrons. The molecule has 0 aliphatic rings. The summed E-state index contributed by atoms with van der Waals surface area (Å²) in [5, 5.41) is 5.39. The molecule has 0 bridgehead atoms. The molecule has 0 saturated heterocycles. The summed E-state index contributed by atoms with van der Waals surface area (Å²) >= 11 is 7.55.